The number of carbonyl (C=O) groups is 2. The molecule has 2 bridgehead atoms. The van der Waals surface area contributed by atoms with Crippen molar-refractivity contribution in [2.45, 2.75) is 31.5 Å². The van der Waals surface area contributed by atoms with Gasteiger partial charge in [0, 0.05) is 13.6 Å². The van der Waals surface area contributed by atoms with E-state index in [1.165, 1.54) is 0 Å². The van der Waals surface area contributed by atoms with Gasteiger partial charge in [-0.2, -0.15) is 0 Å². The van der Waals surface area contributed by atoms with Gasteiger partial charge in [-0.3, -0.25) is 9.59 Å². The topological polar surface area (TPSA) is 40.6 Å². The number of rotatable bonds is 2. The van der Waals surface area contributed by atoms with E-state index in [1.807, 2.05) is 30.3 Å². The Morgan fingerprint density at radius 2 is 1.72 bits per heavy atom. The maximum atomic E-state index is 12.3. The summed E-state index contributed by atoms with van der Waals surface area (Å²) in [6.07, 6.45) is 1.60. The van der Waals surface area contributed by atoms with Crippen molar-refractivity contribution in [2.75, 3.05) is 7.05 Å². The molecule has 3 aliphatic heterocycles. The lowest BCUT2D eigenvalue weighted by Gasteiger charge is -2.48. The van der Waals surface area contributed by atoms with E-state index in [0.29, 0.717) is 6.54 Å². The van der Waals surface area contributed by atoms with Crippen LogP contribution in [0.3, 0.4) is 0 Å². The number of hydrogen-bond acceptors (Lipinski definition) is 2. The number of nitrogens with zero attached hydrogens (tertiary/aromatic N) is 2. The monoisotopic (exact) mass is 244 g/mol. The van der Waals surface area contributed by atoms with E-state index in [9.17, 15) is 9.59 Å². The number of amides is 2. The fraction of sp³-hybridized carbons (Fsp3) is 0.429. The molecule has 3 saturated heterocycles. The minimum Gasteiger partial charge on any atom is -0.332 e. The number of piperazine rings is 1. The van der Waals surface area contributed by atoms with Crippen LogP contribution in [0, 0.1) is 0 Å². The molecule has 0 saturated carbocycles. The van der Waals surface area contributed by atoms with Gasteiger partial charge in [0.15, 0.2) is 0 Å². The minimum absolute atomic E-state index is 0.0850. The van der Waals surface area contributed by atoms with Gasteiger partial charge in [-0.15, -0.1) is 0 Å². The fourth-order valence-corrected chi connectivity index (χ4v) is 2.91. The van der Waals surface area contributed by atoms with E-state index in [-0.39, 0.29) is 23.9 Å². The summed E-state index contributed by atoms with van der Waals surface area (Å²) >= 11 is 0. The van der Waals surface area contributed by atoms with Crippen LogP contribution in [0.4, 0.5) is 0 Å². The molecule has 4 nitrogen and oxygen atoms in total. The Morgan fingerprint density at radius 3 is 2.44 bits per heavy atom. The summed E-state index contributed by atoms with van der Waals surface area (Å²) in [7, 11) is 1.73. The van der Waals surface area contributed by atoms with Gasteiger partial charge >= 0.3 is 0 Å². The molecule has 1 aromatic rings. The van der Waals surface area contributed by atoms with Crippen LogP contribution in [0.15, 0.2) is 30.3 Å². The molecular formula is C14H16N2O2. The smallest absolute Gasteiger partial charge is 0.246 e. The fourth-order valence-electron chi connectivity index (χ4n) is 2.91. The highest BCUT2D eigenvalue weighted by Gasteiger charge is 2.48. The van der Waals surface area contributed by atoms with Crippen molar-refractivity contribution in [2.24, 2.45) is 0 Å². The lowest BCUT2D eigenvalue weighted by Crippen LogP contribution is -2.67. The largest absolute Gasteiger partial charge is 0.332 e. The van der Waals surface area contributed by atoms with Crippen molar-refractivity contribution in [3.05, 3.63) is 35.9 Å². The Balaban J connectivity index is 1.85. The molecule has 94 valence electrons. The van der Waals surface area contributed by atoms with Gasteiger partial charge in [0.05, 0.1) is 0 Å². The van der Waals surface area contributed by atoms with E-state index in [0.717, 1.165) is 18.4 Å². The summed E-state index contributed by atoms with van der Waals surface area (Å²) in [6.45, 7) is 0.542. The van der Waals surface area contributed by atoms with Gasteiger partial charge < -0.3 is 9.80 Å². The van der Waals surface area contributed by atoms with Crippen LogP contribution in [0.2, 0.25) is 0 Å². The zero-order valence-electron chi connectivity index (χ0n) is 10.4. The summed E-state index contributed by atoms with van der Waals surface area (Å²) in [5, 5.41) is 0. The molecule has 4 rings (SSSR count). The molecule has 3 fully saturated rings. The molecule has 2 amide bonds. The third-order valence-corrected chi connectivity index (χ3v) is 3.95. The van der Waals surface area contributed by atoms with Crippen LogP contribution in [0.1, 0.15) is 18.4 Å². The standard InChI is InChI=1S/C14H16N2O2/c1-15-11-7-8-12(13(15)17)16(14(11)18)9-10-5-3-2-4-6-10/h2-6,11-12H,7-9H2,1H3/t11-,12+/m0/s1. The van der Waals surface area contributed by atoms with E-state index in [2.05, 4.69) is 0 Å². The molecule has 18 heavy (non-hydrogen) atoms. The van der Waals surface area contributed by atoms with Gasteiger partial charge in [-0.05, 0) is 18.4 Å². The molecule has 2 atom stereocenters. The van der Waals surface area contributed by atoms with Gasteiger partial charge in [-0.25, -0.2) is 0 Å². The number of benzene rings is 1. The Bertz CT molecular complexity index is 486. The molecule has 4 heteroatoms. The lowest BCUT2D eigenvalue weighted by molar-refractivity contribution is -0.167. The van der Waals surface area contributed by atoms with Gasteiger partial charge in [-0.1, -0.05) is 30.3 Å². The normalized spacial score (nSPS) is 26.9. The van der Waals surface area contributed by atoms with Crippen LogP contribution in [-0.2, 0) is 16.1 Å². The van der Waals surface area contributed by atoms with Crippen LogP contribution in [-0.4, -0.2) is 40.7 Å². The minimum atomic E-state index is -0.257. The van der Waals surface area contributed by atoms with Crippen molar-refractivity contribution in [1.82, 2.24) is 9.80 Å². The predicted octanol–water partition coefficient (Wildman–Crippen LogP) is 1.02. The number of fused-ring (bicyclic) bond motifs is 3. The zero-order chi connectivity index (χ0) is 12.7. The number of likely N-dealkylation sites (N-methyl/N-ethyl adjacent to an activating group) is 1. The predicted molar refractivity (Wildman–Crippen MR) is 66.6 cm³/mol. The molecule has 1 aromatic carbocycles. The highest BCUT2D eigenvalue weighted by atomic mass is 16.2. The molecule has 0 aromatic heterocycles. The summed E-state index contributed by atoms with van der Waals surface area (Å²) in [5.74, 6) is 0.180. The number of hydrogen-bond donors (Lipinski definition) is 0. The average molecular weight is 244 g/mol. The Morgan fingerprint density at radius 1 is 1.06 bits per heavy atom. The van der Waals surface area contributed by atoms with Gasteiger partial charge in [0.25, 0.3) is 0 Å². The highest BCUT2D eigenvalue weighted by Crippen LogP contribution is 2.30. The van der Waals surface area contributed by atoms with Crippen LogP contribution in [0.25, 0.3) is 0 Å². The lowest BCUT2D eigenvalue weighted by atomic mass is 9.89. The third-order valence-electron chi connectivity index (χ3n) is 3.95. The average Bonchev–Trinajstić information content (AvgIpc) is 2.39. The maximum Gasteiger partial charge on any atom is 0.246 e. The van der Waals surface area contributed by atoms with Crippen molar-refractivity contribution in [3.63, 3.8) is 0 Å². The van der Waals surface area contributed by atoms with Crippen LogP contribution >= 0.6 is 0 Å². The first-order valence-corrected chi connectivity index (χ1v) is 6.29. The third kappa shape index (κ3) is 1.60. The first-order valence-electron chi connectivity index (χ1n) is 6.29. The Labute approximate surface area is 106 Å². The molecule has 3 aliphatic rings. The molecule has 0 unspecified atom stereocenters. The maximum absolute atomic E-state index is 12.3. The van der Waals surface area contributed by atoms with Crippen molar-refractivity contribution < 1.29 is 9.59 Å². The van der Waals surface area contributed by atoms with Crippen LogP contribution in [0.5, 0.6) is 0 Å². The highest BCUT2D eigenvalue weighted by molar-refractivity contribution is 5.98. The zero-order valence-corrected chi connectivity index (χ0v) is 10.4. The first kappa shape index (κ1) is 11.3. The van der Waals surface area contributed by atoms with Gasteiger partial charge in [0.1, 0.15) is 12.1 Å². The summed E-state index contributed by atoms with van der Waals surface area (Å²) in [6, 6.07) is 9.34. The molecule has 0 N–H and O–H groups in total. The summed E-state index contributed by atoms with van der Waals surface area (Å²) < 4.78 is 0. The van der Waals surface area contributed by atoms with Gasteiger partial charge in [0.2, 0.25) is 11.8 Å². The van der Waals surface area contributed by atoms with Crippen molar-refractivity contribution in [3.8, 4) is 0 Å². The SMILES string of the molecule is CN1C(=O)[C@H]2CC[C@H]1C(=O)N2Cc1ccccc1. The second-order valence-corrected chi connectivity index (χ2v) is 5.01. The first-order chi connectivity index (χ1) is 8.68. The molecular weight excluding hydrogens is 228 g/mol. The van der Waals surface area contributed by atoms with E-state index >= 15 is 0 Å². The van der Waals surface area contributed by atoms with E-state index in [1.54, 1.807) is 16.8 Å². The second kappa shape index (κ2) is 4.12. The quantitative estimate of drug-likeness (QED) is 0.779. The second-order valence-electron chi connectivity index (χ2n) is 5.01. The summed E-state index contributed by atoms with van der Waals surface area (Å²) in [5.41, 5.74) is 1.08. The number of piperidine rings is 2. The molecule has 3 heterocycles. The van der Waals surface area contributed by atoms with E-state index < -0.39 is 0 Å². The summed E-state index contributed by atoms with van der Waals surface area (Å²) in [4.78, 5) is 27.7. The Kier molecular flexibility index (Phi) is 2.58. The molecule has 0 aliphatic carbocycles. The van der Waals surface area contributed by atoms with E-state index in [4.69, 9.17) is 0 Å². The number of carbonyl (C=O) groups excluding carboxylic acids is 2. The van der Waals surface area contributed by atoms with Crippen molar-refractivity contribution >= 4 is 11.8 Å². The van der Waals surface area contributed by atoms with Crippen molar-refractivity contribution in [1.29, 1.82) is 0 Å². The molecule has 0 spiro atoms. The van der Waals surface area contributed by atoms with Crippen LogP contribution < -0.4 is 0 Å². The molecule has 0 radical (unpaired) electrons. The Hall–Kier alpha value is -1.84.